The molecule has 3 amide bonds. The molecule has 1 aliphatic carbocycles. The van der Waals surface area contributed by atoms with Gasteiger partial charge in [-0.05, 0) is 18.4 Å². The van der Waals surface area contributed by atoms with Gasteiger partial charge in [0.05, 0.1) is 11.8 Å². The van der Waals surface area contributed by atoms with E-state index in [2.05, 4.69) is 5.32 Å². The lowest BCUT2D eigenvalue weighted by atomic mass is 9.81. The van der Waals surface area contributed by atoms with Crippen LogP contribution in [-0.2, 0) is 14.4 Å². The molecule has 0 radical (unpaired) electrons. The molecule has 0 aromatic heterocycles. The van der Waals surface area contributed by atoms with E-state index in [1.807, 2.05) is 30.3 Å². The summed E-state index contributed by atoms with van der Waals surface area (Å²) in [6, 6.07) is 9.16. The van der Waals surface area contributed by atoms with E-state index < -0.39 is 0 Å². The third-order valence-corrected chi connectivity index (χ3v) is 4.98. The molecular formula is C18H24ClN3O3. The number of rotatable bonds is 5. The Balaban J connectivity index is 0.00000225. The van der Waals surface area contributed by atoms with Crippen LogP contribution < -0.4 is 11.1 Å². The van der Waals surface area contributed by atoms with Crippen molar-refractivity contribution in [2.24, 2.45) is 17.6 Å². The Kier molecular flexibility index (Phi) is 6.56. The van der Waals surface area contributed by atoms with E-state index in [9.17, 15) is 14.4 Å². The van der Waals surface area contributed by atoms with Crippen LogP contribution in [0.3, 0.4) is 0 Å². The Hall–Kier alpha value is -1.92. The highest BCUT2D eigenvalue weighted by Crippen LogP contribution is 2.37. The van der Waals surface area contributed by atoms with E-state index in [0.29, 0.717) is 0 Å². The second-order valence-electron chi connectivity index (χ2n) is 6.58. The minimum Gasteiger partial charge on any atom is -0.353 e. The van der Waals surface area contributed by atoms with Gasteiger partial charge in [0.2, 0.25) is 17.7 Å². The van der Waals surface area contributed by atoms with Crippen molar-refractivity contribution < 1.29 is 14.4 Å². The smallest absolute Gasteiger partial charge is 0.240 e. The molecule has 0 spiro atoms. The summed E-state index contributed by atoms with van der Waals surface area (Å²) in [5.74, 6) is -1.16. The van der Waals surface area contributed by atoms with Crippen molar-refractivity contribution in [1.82, 2.24) is 10.2 Å². The van der Waals surface area contributed by atoms with Gasteiger partial charge < -0.3 is 11.1 Å². The van der Waals surface area contributed by atoms with Crippen molar-refractivity contribution in [1.29, 1.82) is 0 Å². The fraction of sp³-hybridized carbons (Fsp3) is 0.500. The molecule has 1 aliphatic heterocycles. The van der Waals surface area contributed by atoms with Gasteiger partial charge in [0.25, 0.3) is 0 Å². The average molecular weight is 366 g/mol. The number of nitrogens with zero attached hydrogens (tertiary/aromatic N) is 1. The van der Waals surface area contributed by atoms with Gasteiger partial charge in [-0.2, -0.15) is 0 Å². The molecule has 1 aromatic carbocycles. The van der Waals surface area contributed by atoms with Crippen LogP contribution in [0.2, 0.25) is 0 Å². The lowest BCUT2D eigenvalue weighted by Crippen LogP contribution is -2.42. The molecule has 2 aliphatic rings. The molecule has 1 saturated heterocycles. The van der Waals surface area contributed by atoms with Gasteiger partial charge in [0, 0.05) is 12.6 Å². The average Bonchev–Trinajstić information content (AvgIpc) is 2.86. The van der Waals surface area contributed by atoms with Gasteiger partial charge in [0.1, 0.15) is 6.54 Å². The first-order valence-corrected chi connectivity index (χ1v) is 8.50. The number of imide groups is 1. The molecule has 25 heavy (non-hydrogen) atoms. The third-order valence-electron chi connectivity index (χ3n) is 4.98. The number of hydrogen-bond donors (Lipinski definition) is 2. The van der Waals surface area contributed by atoms with Crippen molar-refractivity contribution in [3.05, 3.63) is 35.9 Å². The van der Waals surface area contributed by atoms with Crippen LogP contribution in [0.15, 0.2) is 30.3 Å². The molecule has 3 atom stereocenters. The number of carbonyl (C=O) groups excluding carboxylic acids is 3. The summed E-state index contributed by atoms with van der Waals surface area (Å²) in [7, 11) is 0. The number of fused-ring (bicyclic) bond motifs is 1. The Morgan fingerprint density at radius 3 is 2.24 bits per heavy atom. The van der Waals surface area contributed by atoms with Crippen LogP contribution in [0.25, 0.3) is 0 Å². The summed E-state index contributed by atoms with van der Waals surface area (Å²) < 4.78 is 0. The quantitative estimate of drug-likeness (QED) is 0.771. The highest BCUT2D eigenvalue weighted by Gasteiger charge is 2.48. The fourth-order valence-electron chi connectivity index (χ4n) is 3.63. The lowest BCUT2D eigenvalue weighted by molar-refractivity contribution is -0.143. The van der Waals surface area contributed by atoms with E-state index in [-0.39, 0.29) is 61.1 Å². The predicted octanol–water partition coefficient (Wildman–Crippen LogP) is 1.40. The zero-order valence-corrected chi connectivity index (χ0v) is 14.8. The molecule has 1 heterocycles. The highest BCUT2D eigenvalue weighted by atomic mass is 35.5. The molecule has 6 nitrogen and oxygen atoms in total. The first kappa shape index (κ1) is 19.4. The van der Waals surface area contributed by atoms with Crippen molar-refractivity contribution in [2.45, 2.75) is 31.7 Å². The van der Waals surface area contributed by atoms with Crippen LogP contribution in [0, 0.1) is 11.8 Å². The van der Waals surface area contributed by atoms with E-state index >= 15 is 0 Å². The maximum Gasteiger partial charge on any atom is 0.240 e. The monoisotopic (exact) mass is 365 g/mol. The molecule has 0 bridgehead atoms. The number of nitrogens with two attached hydrogens (primary N) is 1. The Morgan fingerprint density at radius 2 is 1.68 bits per heavy atom. The molecule has 3 unspecified atom stereocenters. The molecule has 1 aromatic rings. The Labute approximate surface area is 153 Å². The van der Waals surface area contributed by atoms with E-state index in [1.165, 1.54) is 0 Å². The van der Waals surface area contributed by atoms with Crippen LogP contribution in [0.1, 0.15) is 37.3 Å². The number of carbonyl (C=O) groups is 3. The second-order valence-corrected chi connectivity index (χ2v) is 6.58. The zero-order valence-electron chi connectivity index (χ0n) is 14.0. The molecule has 3 rings (SSSR count). The first-order chi connectivity index (χ1) is 11.6. The number of hydrogen-bond acceptors (Lipinski definition) is 4. The summed E-state index contributed by atoms with van der Waals surface area (Å²) in [5, 5.41) is 2.72. The van der Waals surface area contributed by atoms with Crippen molar-refractivity contribution in [3.63, 3.8) is 0 Å². The molecule has 136 valence electrons. The van der Waals surface area contributed by atoms with E-state index in [4.69, 9.17) is 5.73 Å². The molecule has 3 N–H and O–H groups in total. The molecule has 1 saturated carbocycles. The minimum absolute atomic E-state index is 0. The number of amides is 3. The molecule has 2 fully saturated rings. The Bertz CT molecular complexity index is 614. The van der Waals surface area contributed by atoms with Crippen molar-refractivity contribution in [2.75, 3.05) is 13.1 Å². The summed E-state index contributed by atoms with van der Waals surface area (Å²) in [4.78, 5) is 37.9. The number of benzene rings is 1. The van der Waals surface area contributed by atoms with Gasteiger partial charge in [-0.3, -0.25) is 19.3 Å². The van der Waals surface area contributed by atoms with Crippen molar-refractivity contribution >= 4 is 30.1 Å². The first-order valence-electron chi connectivity index (χ1n) is 8.50. The predicted molar refractivity (Wildman–Crippen MR) is 95.8 cm³/mol. The summed E-state index contributed by atoms with van der Waals surface area (Å²) in [5.41, 5.74) is 6.97. The number of nitrogens with one attached hydrogen (secondary N) is 1. The molecular weight excluding hydrogens is 342 g/mol. The molecule has 7 heteroatoms. The summed E-state index contributed by atoms with van der Waals surface area (Å²) in [6.45, 7) is 0.0676. The van der Waals surface area contributed by atoms with E-state index in [1.54, 1.807) is 0 Å². The second kappa shape index (κ2) is 8.45. The number of likely N-dealkylation sites (tertiary alicyclic amines) is 1. The SMILES string of the molecule is Cl.NC(CNC(=O)CN1C(=O)C2CCCCC2C1=O)c1ccccc1. The van der Waals surface area contributed by atoms with Crippen LogP contribution >= 0.6 is 12.4 Å². The highest BCUT2D eigenvalue weighted by molar-refractivity contribution is 6.07. The van der Waals surface area contributed by atoms with Crippen LogP contribution in [0.5, 0.6) is 0 Å². The zero-order chi connectivity index (χ0) is 17.1. The maximum atomic E-state index is 12.3. The van der Waals surface area contributed by atoms with Gasteiger partial charge >= 0.3 is 0 Å². The lowest BCUT2D eigenvalue weighted by Gasteiger charge is -2.19. The normalized spacial score (nSPS) is 23.6. The topological polar surface area (TPSA) is 92.5 Å². The summed E-state index contributed by atoms with van der Waals surface area (Å²) in [6.07, 6.45) is 3.47. The van der Waals surface area contributed by atoms with Gasteiger partial charge in [-0.15, -0.1) is 12.4 Å². The van der Waals surface area contributed by atoms with Crippen LogP contribution in [-0.4, -0.2) is 35.7 Å². The third kappa shape index (κ3) is 4.19. The van der Waals surface area contributed by atoms with E-state index in [0.717, 1.165) is 36.1 Å². The maximum absolute atomic E-state index is 12.3. The minimum atomic E-state index is -0.346. The standard InChI is InChI=1S/C18H23N3O3.ClH/c19-15(12-6-2-1-3-7-12)10-20-16(22)11-21-17(23)13-8-4-5-9-14(13)18(21)24;/h1-3,6-7,13-15H,4-5,8-11,19H2,(H,20,22);1H. The Morgan fingerprint density at radius 1 is 1.12 bits per heavy atom. The van der Waals surface area contributed by atoms with Crippen molar-refractivity contribution in [3.8, 4) is 0 Å². The number of halogens is 1. The largest absolute Gasteiger partial charge is 0.353 e. The van der Waals surface area contributed by atoms with Gasteiger partial charge in [-0.25, -0.2) is 0 Å². The summed E-state index contributed by atoms with van der Waals surface area (Å²) >= 11 is 0. The fourth-order valence-corrected chi connectivity index (χ4v) is 3.63. The van der Waals surface area contributed by atoms with Gasteiger partial charge in [-0.1, -0.05) is 43.2 Å². The van der Waals surface area contributed by atoms with Crippen LogP contribution in [0.4, 0.5) is 0 Å². The van der Waals surface area contributed by atoms with Gasteiger partial charge in [0.15, 0.2) is 0 Å².